The van der Waals surface area contributed by atoms with E-state index in [9.17, 15) is 4.79 Å². The molecule has 0 aliphatic carbocycles. The van der Waals surface area contributed by atoms with Crippen LogP contribution in [0.1, 0.15) is 32.7 Å². The lowest BCUT2D eigenvalue weighted by molar-refractivity contribution is -0.113. The van der Waals surface area contributed by atoms with E-state index in [1.165, 1.54) is 34.0 Å². The number of rotatable bonds is 3. The number of benzene rings is 2. The molecule has 30 heavy (non-hydrogen) atoms. The van der Waals surface area contributed by atoms with Crippen molar-refractivity contribution in [1.29, 1.82) is 0 Å². The summed E-state index contributed by atoms with van der Waals surface area (Å²) in [4.78, 5) is 21.8. The molecule has 152 valence electrons. The number of thiophene rings is 1. The molecule has 1 aromatic heterocycles. The highest BCUT2D eigenvalue weighted by Gasteiger charge is 2.35. The third kappa shape index (κ3) is 4.00. The second-order valence-electron chi connectivity index (χ2n) is 7.65. The molecule has 0 N–H and O–H groups in total. The molecule has 0 atom stereocenters. The van der Waals surface area contributed by atoms with E-state index in [4.69, 9.17) is 4.99 Å². The molecule has 4 rings (SSSR count). The Hall–Kier alpha value is -2.63. The van der Waals surface area contributed by atoms with E-state index in [-0.39, 0.29) is 5.91 Å². The standard InChI is InChI=1S/C25H24N2OS2/c1-15-6-8-20(12-18(15)4)26-25-27(21-9-7-16(2)19(5)13-21)24(28)23(30-25)14-22-17(3)10-11-29-22/h6-14H,1-5H3. The molecule has 1 fully saturated rings. The normalized spacial score (nSPS) is 16.8. The number of aliphatic imine (C=N–C) groups is 1. The van der Waals surface area contributed by atoms with E-state index in [2.05, 4.69) is 70.3 Å². The lowest BCUT2D eigenvalue weighted by atomic mass is 10.1. The number of hydrogen-bond donors (Lipinski definition) is 0. The Bertz CT molecular complexity index is 1200. The predicted octanol–water partition coefficient (Wildman–Crippen LogP) is 7.10. The van der Waals surface area contributed by atoms with Gasteiger partial charge in [-0.3, -0.25) is 9.69 Å². The molecule has 1 amide bonds. The first-order valence-electron chi connectivity index (χ1n) is 9.85. The molecular weight excluding hydrogens is 408 g/mol. The van der Waals surface area contributed by atoms with E-state index in [1.54, 1.807) is 16.2 Å². The van der Waals surface area contributed by atoms with Crippen molar-refractivity contribution in [2.45, 2.75) is 34.6 Å². The summed E-state index contributed by atoms with van der Waals surface area (Å²) in [6, 6.07) is 14.3. The van der Waals surface area contributed by atoms with Gasteiger partial charge in [0.25, 0.3) is 5.91 Å². The van der Waals surface area contributed by atoms with Crippen molar-refractivity contribution in [2.24, 2.45) is 4.99 Å². The maximum Gasteiger partial charge on any atom is 0.271 e. The van der Waals surface area contributed by atoms with Crippen LogP contribution in [-0.4, -0.2) is 11.1 Å². The van der Waals surface area contributed by atoms with Gasteiger partial charge in [0.05, 0.1) is 16.3 Å². The van der Waals surface area contributed by atoms with Gasteiger partial charge < -0.3 is 0 Å². The molecule has 2 heterocycles. The zero-order chi connectivity index (χ0) is 21.4. The van der Waals surface area contributed by atoms with Crippen LogP contribution < -0.4 is 4.90 Å². The summed E-state index contributed by atoms with van der Waals surface area (Å²) in [7, 11) is 0. The quantitative estimate of drug-likeness (QED) is 0.414. The fourth-order valence-electron chi connectivity index (χ4n) is 3.20. The monoisotopic (exact) mass is 432 g/mol. The molecule has 2 aromatic carbocycles. The number of carbonyl (C=O) groups is 1. The molecule has 0 radical (unpaired) electrons. The molecule has 0 saturated carbocycles. The Labute approximate surface area is 186 Å². The summed E-state index contributed by atoms with van der Waals surface area (Å²) < 4.78 is 0. The number of amidine groups is 1. The van der Waals surface area contributed by atoms with Crippen molar-refractivity contribution in [1.82, 2.24) is 0 Å². The van der Waals surface area contributed by atoms with Crippen molar-refractivity contribution in [2.75, 3.05) is 4.90 Å². The average molecular weight is 433 g/mol. The lowest BCUT2D eigenvalue weighted by Crippen LogP contribution is -2.28. The van der Waals surface area contributed by atoms with Crippen LogP contribution in [0.15, 0.2) is 57.7 Å². The Morgan fingerprint density at radius 3 is 2.17 bits per heavy atom. The number of aryl methyl sites for hydroxylation is 5. The van der Waals surface area contributed by atoms with E-state index in [0.29, 0.717) is 10.1 Å². The molecule has 3 aromatic rings. The van der Waals surface area contributed by atoms with Gasteiger partial charge in [0.1, 0.15) is 0 Å². The minimum absolute atomic E-state index is 0.0290. The SMILES string of the molecule is Cc1ccc(N=C2SC(=Cc3sccc3C)C(=O)N2c2ccc(C)c(C)c2)cc1C. The topological polar surface area (TPSA) is 32.7 Å². The summed E-state index contributed by atoms with van der Waals surface area (Å²) in [6.07, 6.45) is 1.99. The highest BCUT2D eigenvalue weighted by molar-refractivity contribution is 8.19. The van der Waals surface area contributed by atoms with Gasteiger partial charge >= 0.3 is 0 Å². The Balaban J connectivity index is 1.81. The maximum absolute atomic E-state index is 13.4. The lowest BCUT2D eigenvalue weighted by Gasteiger charge is -2.17. The highest BCUT2D eigenvalue weighted by atomic mass is 32.2. The zero-order valence-electron chi connectivity index (χ0n) is 17.8. The number of amides is 1. The minimum atomic E-state index is -0.0290. The van der Waals surface area contributed by atoms with E-state index in [1.807, 2.05) is 18.2 Å². The Morgan fingerprint density at radius 1 is 0.833 bits per heavy atom. The van der Waals surface area contributed by atoms with Crippen LogP contribution in [-0.2, 0) is 4.79 Å². The van der Waals surface area contributed by atoms with Crippen LogP contribution >= 0.6 is 23.1 Å². The molecular formula is C25H24N2OS2. The van der Waals surface area contributed by atoms with Gasteiger partial charge in [-0.25, -0.2) is 4.99 Å². The summed E-state index contributed by atoms with van der Waals surface area (Å²) in [6.45, 7) is 10.4. The van der Waals surface area contributed by atoms with Gasteiger partial charge in [-0.15, -0.1) is 11.3 Å². The van der Waals surface area contributed by atoms with Gasteiger partial charge in [-0.05, 0) is 116 Å². The Kier molecular flexibility index (Phi) is 5.67. The average Bonchev–Trinajstić information content (AvgIpc) is 3.24. The molecule has 0 spiro atoms. The number of anilines is 1. The first-order valence-corrected chi connectivity index (χ1v) is 11.5. The fourth-order valence-corrected chi connectivity index (χ4v) is 5.11. The smallest absolute Gasteiger partial charge is 0.268 e. The van der Waals surface area contributed by atoms with Gasteiger partial charge in [0, 0.05) is 4.88 Å². The Morgan fingerprint density at radius 2 is 1.53 bits per heavy atom. The number of hydrogen-bond acceptors (Lipinski definition) is 4. The van der Waals surface area contributed by atoms with Crippen LogP contribution in [0.25, 0.3) is 6.08 Å². The fraction of sp³-hybridized carbons (Fsp3) is 0.200. The second-order valence-corrected chi connectivity index (χ2v) is 9.61. The minimum Gasteiger partial charge on any atom is -0.268 e. The molecule has 0 unspecified atom stereocenters. The van der Waals surface area contributed by atoms with Crippen molar-refractivity contribution < 1.29 is 4.79 Å². The maximum atomic E-state index is 13.4. The molecule has 1 saturated heterocycles. The van der Waals surface area contributed by atoms with Gasteiger partial charge in [-0.2, -0.15) is 0 Å². The molecule has 5 heteroatoms. The summed E-state index contributed by atoms with van der Waals surface area (Å²) in [5.74, 6) is -0.0290. The second kappa shape index (κ2) is 8.25. The van der Waals surface area contributed by atoms with Crippen LogP contribution in [0.5, 0.6) is 0 Å². The number of nitrogens with zero attached hydrogens (tertiary/aromatic N) is 2. The first-order chi connectivity index (χ1) is 14.3. The largest absolute Gasteiger partial charge is 0.271 e. The summed E-state index contributed by atoms with van der Waals surface area (Å²) in [5, 5.41) is 2.74. The molecule has 0 bridgehead atoms. The van der Waals surface area contributed by atoms with Crippen molar-refractivity contribution >= 4 is 51.6 Å². The summed E-state index contributed by atoms with van der Waals surface area (Å²) >= 11 is 3.09. The predicted molar refractivity (Wildman–Crippen MR) is 131 cm³/mol. The molecule has 1 aliphatic rings. The third-order valence-corrected chi connectivity index (χ3v) is 7.37. The van der Waals surface area contributed by atoms with Gasteiger partial charge in [-0.1, -0.05) is 12.1 Å². The van der Waals surface area contributed by atoms with E-state index < -0.39 is 0 Å². The van der Waals surface area contributed by atoms with Crippen LogP contribution in [0.2, 0.25) is 0 Å². The number of carbonyl (C=O) groups excluding carboxylic acids is 1. The third-order valence-electron chi connectivity index (χ3n) is 5.43. The van der Waals surface area contributed by atoms with E-state index >= 15 is 0 Å². The van der Waals surface area contributed by atoms with E-state index in [0.717, 1.165) is 21.8 Å². The van der Waals surface area contributed by atoms with Crippen LogP contribution in [0.4, 0.5) is 11.4 Å². The first kappa shape index (κ1) is 20.6. The van der Waals surface area contributed by atoms with Crippen molar-refractivity contribution in [3.8, 4) is 0 Å². The van der Waals surface area contributed by atoms with Crippen molar-refractivity contribution in [3.05, 3.63) is 85.4 Å². The zero-order valence-corrected chi connectivity index (χ0v) is 19.4. The highest BCUT2D eigenvalue weighted by Crippen LogP contribution is 2.38. The summed E-state index contributed by atoms with van der Waals surface area (Å²) in [5.41, 5.74) is 7.67. The number of thioether (sulfide) groups is 1. The van der Waals surface area contributed by atoms with Crippen molar-refractivity contribution in [3.63, 3.8) is 0 Å². The van der Waals surface area contributed by atoms with Crippen LogP contribution in [0.3, 0.4) is 0 Å². The van der Waals surface area contributed by atoms with Gasteiger partial charge in [0.15, 0.2) is 5.17 Å². The molecule has 3 nitrogen and oxygen atoms in total. The molecule has 1 aliphatic heterocycles. The van der Waals surface area contributed by atoms with Crippen LogP contribution in [0, 0.1) is 34.6 Å². The van der Waals surface area contributed by atoms with Gasteiger partial charge in [0.2, 0.25) is 0 Å².